The lowest BCUT2D eigenvalue weighted by molar-refractivity contribution is -0.137. The van der Waals surface area contributed by atoms with Crippen LogP contribution in [0, 0.1) is 0 Å². The molecule has 1 aromatic rings. The summed E-state index contributed by atoms with van der Waals surface area (Å²) in [4.78, 5) is 24.0. The van der Waals surface area contributed by atoms with Crippen LogP contribution in [0.4, 0.5) is 10.5 Å². The maximum absolute atomic E-state index is 12.0. The molecule has 20 heavy (non-hydrogen) atoms. The standard InChI is InChI=1S/C13H16N2O5/c1-2-15(6-5-12(16)17)13(18)14-9-3-4-10-11(7-9)20-8-19-10/h3-4,7H,2,5-6,8H2,1H3,(H,14,18)(H,16,17). The Morgan fingerprint density at radius 3 is 2.80 bits per heavy atom. The van der Waals surface area contributed by atoms with Crippen LogP contribution < -0.4 is 14.8 Å². The number of nitrogens with zero attached hydrogens (tertiary/aromatic N) is 1. The summed E-state index contributed by atoms with van der Waals surface area (Å²) in [6, 6.07) is 4.75. The highest BCUT2D eigenvalue weighted by Gasteiger charge is 2.16. The van der Waals surface area contributed by atoms with E-state index in [4.69, 9.17) is 14.6 Å². The molecule has 0 bridgehead atoms. The van der Waals surface area contributed by atoms with E-state index < -0.39 is 5.97 Å². The molecule has 7 heteroatoms. The molecule has 0 spiro atoms. The number of rotatable bonds is 5. The van der Waals surface area contributed by atoms with Crippen LogP contribution in [-0.2, 0) is 4.79 Å². The summed E-state index contributed by atoms with van der Waals surface area (Å²) in [5.41, 5.74) is 0.577. The third-order valence-electron chi connectivity index (χ3n) is 2.89. The molecule has 0 aliphatic carbocycles. The number of hydrogen-bond donors (Lipinski definition) is 2. The molecule has 1 aliphatic heterocycles. The molecule has 7 nitrogen and oxygen atoms in total. The Morgan fingerprint density at radius 1 is 1.35 bits per heavy atom. The van der Waals surface area contributed by atoms with Gasteiger partial charge >= 0.3 is 12.0 Å². The van der Waals surface area contributed by atoms with Gasteiger partial charge in [0.1, 0.15) is 0 Å². The van der Waals surface area contributed by atoms with Gasteiger partial charge in [-0.05, 0) is 19.1 Å². The number of aliphatic carboxylic acids is 1. The number of amides is 2. The fourth-order valence-electron chi connectivity index (χ4n) is 1.81. The number of anilines is 1. The number of ether oxygens (including phenoxy) is 2. The summed E-state index contributed by atoms with van der Waals surface area (Å²) in [5.74, 6) is 0.289. The van der Waals surface area contributed by atoms with Crippen molar-refractivity contribution < 1.29 is 24.2 Å². The molecule has 0 saturated heterocycles. The predicted molar refractivity (Wildman–Crippen MR) is 71.1 cm³/mol. The molecule has 2 rings (SSSR count). The average Bonchev–Trinajstić information content (AvgIpc) is 2.86. The van der Waals surface area contributed by atoms with Crippen LogP contribution >= 0.6 is 0 Å². The van der Waals surface area contributed by atoms with Gasteiger partial charge in [0.15, 0.2) is 11.5 Å². The molecule has 0 fully saturated rings. The van der Waals surface area contributed by atoms with E-state index >= 15 is 0 Å². The molecule has 108 valence electrons. The van der Waals surface area contributed by atoms with Crippen molar-refractivity contribution in [3.63, 3.8) is 0 Å². The van der Waals surface area contributed by atoms with E-state index in [1.807, 2.05) is 0 Å². The van der Waals surface area contributed by atoms with E-state index in [1.165, 1.54) is 4.90 Å². The van der Waals surface area contributed by atoms with Crippen LogP contribution in [0.3, 0.4) is 0 Å². The minimum atomic E-state index is -0.931. The largest absolute Gasteiger partial charge is 0.481 e. The smallest absolute Gasteiger partial charge is 0.321 e. The zero-order chi connectivity index (χ0) is 14.5. The number of nitrogens with one attached hydrogen (secondary N) is 1. The molecule has 0 aromatic heterocycles. The van der Waals surface area contributed by atoms with Gasteiger partial charge < -0.3 is 24.8 Å². The number of carboxylic acids is 1. The number of urea groups is 1. The van der Waals surface area contributed by atoms with Gasteiger partial charge in [-0.15, -0.1) is 0 Å². The summed E-state index contributed by atoms with van der Waals surface area (Å²) in [7, 11) is 0. The van der Waals surface area contributed by atoms with Crippen molar-refractivity contribution in [2.75, 3.05) is 25.2 Å². The first-order valence-electron chi connectivity index (χ1n) is 6.27. The zero-order valence-electron chi connectivity index (χ0n) is 11.1. The third kappa shape index (κ3) is 3.31. The first kappa shape index (κ1) is 14.0. The number of carbonyl (C=O) groups excluding carboxylic acids is 1. The Bertz CT molecular complexity index is 517. The zero-order valence-corrected chi connectivity index (χ0v) is 11.1. The number of fused-ring (bicyclic) bond motifs is 1. The van der Waals surface area contributed by atoms with E-state index in [2.05, 4.69) is 5.32 Å². The van der Waals surface area contributed by atoms with Crippen LogP contribution in [-0.4, -0.2) is 41.9 Å². The SMILES string of the molecule is CCN(CCC(=O)O)C(=O)Nc1ccc2c(c1)OCO2. The lowest BCUT2D eigenvalue weighted by Gasteiger charge is -2.20. The molecule has 1 aliphatic rings. The number of benzene rings is 1. The lowest BCUT2D eigenvalue weighted by Crippen LogP contribution is -2.36. The van der Waals surface area contributed by atoms with Gasteiger partial charge in [0, 0.05) is 24.8 Å². The normalized spacial score (nSPS) is 12.1. The van der Waals surface area contributed by atoms with Crippen molar-refractivity contribution in [3.05, 3.63) is 18.2 Å². The van der Waals surface area contributed by atoms with Crippen LogP contribution in [0.15, 0.2) is 18.2 Å². The van der Waals surface area contributed by atoms with Gasteiger partial charge in [-0.25, -0.2) is 4.79 Å². The fourth-order valence-corrected chi connectivity index (χ4v) is 1.81. The second-order valence-electron chi connectivity index (χ2n) is 4.22. The summed E-state index contributed by atoms with van der Waals surface area (Å²) in [5, 5.41) is 11.4. The summed E-state index contributed by atoms with van der Waals surface area (Å²) in [6.07, 6.45) is -0.0810. The van der Waals surface area contributed by atoms with Crippen LogP contribution in [0.2, 0.25) is 0 Å². The van der Waals surface area contributed by atoms with E-state index in [9.17, 15) is 9.59 Å². The van der Waals surface area contributed by atoms with Crippen LogP contribution in [0.25, 0.3) is 0 Å². The molecule has 1 heterocycles. The van der Waals surface area contributed by atoms with Crippen molar-refractivity contribution in [1.82, 2.24) is 4.90 Å². The minimum absolute atomic E-state index is 0.0810. The monoisotopic (exact) mass is 280 g/mol. The number of carbonyl (C=O) groups is 2. The summed E-state index contributed by atoms with van der Waals surface area (Å²) >= 11 is 0. The molecule has 0 unspecified atom stereocenters. The van der Waals surface area contributed by atoms with Crippen molar-refractivity contribution in [3.8, 4) is 11.5 Å². The molecule has 2 N–H and O–H groups in total. The minimum Gasteiger partial charge on any atom is -0.481 e. The topological polar surface area (TPSA) is 88.1 Å². The van der Waals surface area contributed by atoms with Gasteiger partial charge in [0.05, 0.1) is 6.42 Å². The average molecular weight is 280 g/mol. The highest BCUT2D eigenvalue weighted by molar-refractivity contribution is 5.90. The van der Waals surface area contributed by atoms with Gasteiger partial charge in [-0.1, -0.05) is 0 Å². The maximum atomic E-state index is 12.0. The summed E-state index contributed by atoms with van der Waals surface area (Å²) < 4.78 is 10.4. The fraction of sp³-hybridized carbons (Fsp3) is 0.385. The summed E-state index contributed by atoms with van der Waals surface area (Å²) in [6.45, 7) is 2.57. The number of hydrogen-bond acceptors (Lipinski definition) is 4. The van der Waals surface area contributed by atoms with E-state index in [0.29, 0.717) is 23.7 Å². The highest BCUT2D eigenvalue weighted by atomic mass is 16.7. The first-order chi connectivity index (χ1) is 9.60. The van der Waals surface area contributed by atoms with Gasteiger partial charge in [0.25, 0.3) is 0 Å². The van der Waals surface area contributed by atoms with Crippen molar-refractivity contribution in [2.45, 2.75) is 13.3 Å². The second-order valence-corrected chi connectivity index (χ2v) is 4.22. The maximum Gasteiger partial charge on any atom is 0.321 e. The van der Waals surface area contributed by atoms with Crippen LogP contribution in [0.5, 0.6) is 11.5 Å². The van der Waals surface area contributed by atoms with E-state index in [1.54, 1.807) is 25.1 Å². The predicted octanol–water partition coefficient (Wildman–Crippen LogP) is 1.74. The van der Waals surface area contributed by atoms with Crippen molar-refractivity contribution >= 4 is 17.7 Å². The lowest BCUT2D eigenvalue weighted by atomic mass is 10.3. The Hall–Kier alpha value is -2.44. The first-order valence-corrected chi connectivity index (χ1v) is 6.27. The Balaban J connectivity index is 1.97. The molecular weight excluding hydrogens is 264 g/mol. The van der Waals surface area contributed by atoms with Gasteiger partial charge in [-0.2, -0.15) is 0 Å². The van der Waals surface area contributed by atoms with Gasteiger partial charge in [0.2, 0.25) is 6.79 Å². The third-order valence-corrected chi connectivity index (χ3v) is 2.89. The van der Waals surface area contributed by atoms with Crippen molar-refractivity contribution in [2.24, 2.45) is 0 Å². The Kier molecular flexibility index (Phi) is 4.29. The van der Waals surface area contributed by atoms with Gasteiger partial charge in [-0.3, -0.25) is 4.79 Å². The Labute approximate surface area is 116 Å². The number of carboxylic acid groups (broad SMARTS) is 1. The molecule has 2 amide bonds. The van der Waals surface area contributed by atoms with E-state index in [0.717, 1.165) is 0 Å². The van der Waals surface area contributed by atoms with Crippen LogP contribution in [0.1, 0.15) is 13.3 Å². The molecular formula is C13H16N2O5. The quantitative estimate of drug-likeness (QED) is 0.857. The molecule has 0 saturated carbocycles. The molecule has 0 radical (unpaired) electrons. The van der Waals surface area contributed by atoms with Crippen molar-refractivity contribution in [1.29, 1.82) is 0 Å². The molecule has 0 atom stereocenters. The highest BCUT2D eigenvalue weighted by Crippen LogP contribution is 2.34. The molecule has 1 aromatic carbocycles. The Morgan fingerprint density at radius 2 is 2.10 bits per heavy atom. The second kappa shape index (κ2) is 6.14. The van der Waals surface area contributed by atoms with E-state index in [-0.39, 0.29) is 25.8 Å².